The zero-order chi connectivity index (χ0) is 27.0. The van der Waals surface area contributed by atoms with Gasteiger partial charge in [0.05, 0.1) is 11.8 Å². The summed E-state index contributed by atoms with van der Waals surface area (Å²) in [5.41, 5.74) is 0.889. The first-order valence-electron chi connectivity index (χ1n) is 10.7. The van der Waals surface area contributed by atoms with Crippen LogP contribution in [0.25, 0.3) is 0 Å². The van der Waals surface area contributed by atoms with Gasteiger partial charge in [-0.15, -0.1) is 0 Å². The zero-order valence-corrected chi connectivity index (χ0v) is 21.2. The van der Waals surface area contributed by atoms with Gasteiger partial charge in [0.2, 0.25) is 0 Å². The van der Waals surface area contributed by atoms with E-state index in [2.05, 4.69) is 0 Å². The molecule has 10 nitrogen and oxygen atoms in total. The predicted molar refractivity (Wildman–Crippen MR) is 132 cm³/mol. The van der Waals surface area contributed by atoms with E-state index in [1.165, 1.54) is 24.3 Å². The first-order valence-corrected chi connectivity index (χ1v) is 14.0. The van der Waals surface area contributed by atoms with Crippen molar-refractivity contribution in [2.75, 3.05) is 17.1 Å². The van der Waals surface area contributed by atoms with Gasteiger partial charge in [-0.2, -0.15) is 16.8 Å². The van der Waals surface area contributed by atoms with Gasteiger partial charge in [0, 0.05) is 12.0 Å². The van der Waals surface area contributed by atoms with Gasteiger partial charge in [-0.25, -0.2) is 18.2 Å². The van der Waals surface area contributed by atoms with E-state index in [1.54, 1.807) is 42.0 Å². The number of esters is 1. The summed E-state index contributed by atoms with van der Waals surface area (Å²) in [4.78, 5) is 24.5. The summed E-state index contributed by atoms with van der Waals surface area (Å²) >= 11 is 0. The Kier molecular flexibility index (Phi) is 6.93. The quantitative estimate of drug-likeness (QED) is 0.270. The third kappa shape index (κ3) is 6.06. The highest BCUT2D eigenvalue weighted by Crippen LogP contribution is 2.37. The average molecular weight is 549 g/mol. The van der Waals surface area contributed by atoms with Crippen LogP contribution in [0.1, 0.15) is 27.0 Å². The van der Waals surface area contributed by atoms with Gasteiger partial charge >= 0.3 is 26.3 Å². The fourth-order valence-electron chi connectivity index (χ4n) is 3.74. The molecule has 4 rings (SSSR count). The van der Waals surface area contributed by atoms with E-state index in [0.717, 1.165) is 17.9 Å². The third-order valence-corrected chi connectivity index (χ3v) is 7.08. The Balaban J connectivity index is 1.80. The van der Waals surface area contributed by atoms with Crippen molar-refractivity contribution in [3.63, 3.8) is 0 Å². The highest BCUT2D eigenvalue weighted by atomic mass is 32.2. The Bertz CT molecular complexity index is 1610. The molecule has 37 heavy (non-hydrogen) atoms. The summed E-state index contributed by atoms with van der Waals surface area (Å²) in [5.74, 6) is -3.26. The standard InChI is InChI=1S/C24H21FN2O8S2/c1-15-8-9-20(35-36(2,30)31)18(10-15)11-16-12-19(25)23(27-14-22(28)26-37(27,32)33)21(13-16)34-24(29)17-6-4-3-5-7-17/h3-10,12-13H,11,14H2,1-2H3,(H,26,28). The van der Waals surface area contributed by atoms with Crippen molar-refractivity contribution in [2.45, 2.75) is 13.3 Å². The molecule has 1 aliphatic heterocycles. The highest BCUT2D eigenvalue weighted by molar-refractivity contribution is 7.92. The molecule has 0 saturated carbocycles. The number of nitrogens with one attached hydrogen (secondary N) is 1. The van der Waals surface area contributed by atoms with Crippen molar-refractivity contribution < 1.29 is 39.7 Å². The molecule has 0 aliphatic carbocycles. The molecule has 0 radical (unpaired) electrons. The summed E-state index contributed by atoms with van der Waals surface area (Å²) in [6.45, 7) is 1.06. The fourth-order valence-corrected chi connectivity index (χ4v) is 5.39. The Morgan fingerprint density at radius 3 is 2.41 bits per heavy atom. The third-order valence-electron chi connectivity index (χ3n) is 5.22. The van der Waals surface area contributed by atoms with Crippen LogP contribution in [0.2, 0.25) is 0 Å². The molecule has 1 N–H and O–H groups in total. The topological polar surface area (TPSA) is 136 Å². The Labute approximate surface area is 212 Å². The Hall–Kier alpha value is -3.97. The lowest BCUT2D eigenvalue weighted by molar-refractivity contribution is -0.117. The number of carbonyl (C=O) groups excluding carboxylic acids is 2. The van der Waals surface area contributed by atoms with Gasteiger partial charge in [-0.1, -0.05) is 35.9 Å². The van der Waals surface area contributed by atoms with Crippen LogP contribution in [0.3, 0.4) is 0 Å². The number of aryl methyl sites for hydroxylation is 1. The number of benzene rings is 3. The smallest absolute Gasteiger partial charge is 0.343 e. The van der Waals surface area contributed by atoms with Gasteiger partial charge in [0.1, 0.15) is 18.0 Å². The van der Waals surface area contributed by atoms with Crippen LogP contribution >= 0.6 is 0 Å². The molecule has 3 aromatic rings. The van der Waals surface area contributed by atoms with E-state index >= 15 is 4.39 Å². The number of halogens is 1. The predicted octanol–water partition coefficient (Wildman–Crippen LogP) is 2.46. The van der Waals surface area contributed by atoms with Crippen LogP contribution in [0, 0.1) is 12.7 Å². The SMILES string of the molecule is Cc1ccc(OS(C)(=O)=O)c(Cc2cc(F)c(N3CC(=O)NS3(=O)=O)c(OC(=O)c3ccccc3)c2)c1. The average Bonchev–Trinajstić information content (AvgIpc) is 3.06. The van der Waals surface area contributed by atoms with Gasteiger partial charge in [-0.05, 0) is 42.8 Å². The first kappa shape index (κ1) is 26.1. The Morgan fingerprint density at radius 2 is 1.78 bits per heavy atom. The lowest BCUT2D eigenvalue weighted by Crippen LogP contribution is -2.31. The van der Waals surface area contributed by atoms with Gasteiger partial charge < -0.3 is 8.92 Å². The van der Waals surface area contributed by atoms with Crippen molar-refractivity contribution in [2.24, 2.45) is 0 Å². The maximum atomic E-state index is 15.5. The fraction of sp³-hybridized carbons (Fsp3) is 0.167. The molecule has 0 unspecified atom stereocenters. The number of nitrogens with zero attached hydrogens (tertiary/aromatic N) is 1. The van der Waals surface area contributed by atoms with Gasteiger partial charge in [-0.3, -0.25) is 4.79 Å². The summed E-state index contributed by atoms with van der Waals surface area (Å²) < 4.78 is 76.4. The number of rotatable bonds is 7. The molecule has 1 saturated heterocycles. The van der Waals surface area contributed by atoms with Crippen molar-refractivity contribution in [3.05, 3.63) is 88.7 Å². The number of hydrogen-bond donors (Lipinski definition) is 1. The van der Waals surface area contributed by atoms with E-state index < -0.39 is 56.0 Å². The molecule has 13 heteroatoms. The molecular weight excluding hydrogens is 527 g/mol. The van der Waals surface area contributed by atoms with Crippen molar-refractivity contribution in [3.8, 4) is 11.5 Å². The van der Waals surface area contributed by atoms with Gasteiger partial charge in [0.15, 0.2) is 11.6 Å². The number of amides is 1. The van der Waals surface area contributed by atoms with Crippen molar-refractivity contribution in [1.29, 1.82) is 0 Å². The normalized spacial score (nSPS) is 14.8. The lowest BCUT2D eigenvalue weighted by Gasteiger charge is -2.20. The van der Waals surface area contributed by atoms with E-state index in [4.69, 9.17) is 8.92 Å². The highest BCUT2D eigenvalue weighted by Gasteiger charge is 2.38. The van der Waals surface area contributed by atoms with E-state index in [-0.39, 0.29) is 23.3 Å². The van der Waals surface area contributed by atoms with Crippen LogP contribution in [0.5, 0.6) is 11.5 Å². The Morgan fingerprint density at radius 1 is 1.08 bits per heavy atom. The van der Waals surface area contributed by atoms with Crippen molar-refractivity contribution in [1.82, 2.24) is 4.72 Å². The minimum absolute atomic E-state index is 0.0253. The second kappa shape index (κ2) is 9.82. The van der Waals surface area contributed by atoms with E-state index in [9.17, 15) is 26.4 Å². The summed E-state index contributed by atoms with van der Waals surface area (Å²) in [7, 11) is -8.28. The summed E-state index contributed by atoms with van der Waals surface area (Å²) in [5, 5.41) is 0. The summed E-state index contributed by atoms with van der Waals surface area (Å²) in [6, 6.07) is 14.8. The number of ether oxygens (including phenoxy) is 1. The minimum atomic E-state index is -4.42. The lowest BCUT2D eigenvalue weighted by atomic mass is 10.0. The first-order chi connectivity index (χ1) is 17.3. The molecule has 194 valence electrons. The van der Waals surface area contributed by atoms with Crippen LogP contribution in [-0.2, 0) is 31.5 Å². The van der Waals surface area contributed by atoms with E-state index in [1.807, 2.05) is 0 Å². The molecule has 0 aromatic heterocycles. The molecular formula is C24H21FN2O8S2. The molecule has 0 spiro atoms. The number of hydrogen-bond acceptors (Lipinski definition) is 8. The largest absolute Gasteiger partial charge is 0.421 e. The van der Waals surface area contributed by atoms with Crippen molar-refractivity contribution >= 4 is 37.9 Å². The molecule has 1 aliphatic rings. The van der Waals surface area contributed by atoms with Crippen LogP contribution < -0.4 is 17.9 Å². The van der Waals surface area contributed by atoms with Crippen LogP contribution in [-0.4, -0.2) is 41.5 Å². The maximum Gasteiger partial charge on any atom is 0.343 e. The monoisotopic (exact) mass is 548 g/mol. The van der Waals surface area contributed by atoms with Crippen LogP contribution in [0.4, 0.5) is 10.1 Å². The molecule has 0 bridgehead atoms. The van der Waals surface area contributed by atoms with E-state index in [0.29, 0.717) is 9.87 Å². The second-order valence-electron chi connectivity index (χ2n) is 8.29. The molecule has 1 fully saturated rings. The minimum Gasteiger partial charge on any atom is -0.421 e. The molecule has 3 aromatic carbocycles. The second-order valence-corrected chi connectivity index (χ2v) is 11.5. The summed E-state index contributed by atoms with van der Waals surface area (Å²) in [6.07, 6.45) is 0.835. The molecule has 1 heterocycles. The van der Waals surface area contributed by atoms with Gasteiger partial charge in [0.25, 0.3) is 5.91 Å². The molecule has 1 amide bonds. The zero-order valence-electron chi connectivity index (χ0n) is 19.6. The number of anilines is 1. The molecule has 0 atom stereocenters. The number of carbonyl (C=O) groups is 2. The maximum absolute atomic E-state index is 15.5. The van der Waals surface area contributed by atoms with Crippen LogP contribution in [0.15, 0.2) is 60.7 Å².